The predicted molar refractivity (Wildman–Crippen MR) is 124 cm³/mol. The predicted octanol–water partition coefficient (Wildman–Crippen LogP) is 1.74. The highest BCUT2D eigenvalue weighted by molar-refractivity contribution is 6.02. The molecule has 176 valence electrons. The third-order valence-electron chi connectivity index (χ3n) is 5.30. The lowest BCUT2D eigenvalue weighted by atomic mass is 10.0. The fourth-order valence-electron chi connectivity index (χ4n) is 3.70. The van der Waals surface area contributed by atoms with Crippen molar-refractivity contribution >= 4 is 23.6 Å². The highest BCUT2D eigenvalue weighted by Gasteiger charge is 2.21. The summed E-state index contributed by atoms with van der Waals surface area (Å²) in [5.41, 5.74) is 1.82. The molecule has 0 radical (unpaired) electrons. The average molecular weight is 454 g/mol. The lowest BCUT2D eigenvalue weighted by Crippen LogP contribution is -2.39. The Kier molecular flexibility index (Phi) is 9.17. The van der Waals surface area contributed by atoms with Crippen molar-refractivity contribution in [2.75, 3.05) is 19.7 Å². The van der Waals surface area contributed by atoms with Crippen molar-refractivity contribution in [1.29, 1.82) is 0 Å². The lowest BCUT2D eigenvalue weighted by Gasteiger charge is -2.25. The quantitative estimate of drug-likeness (QED) is 0.267. The molecule has 33 heavy (non-hydrogen) atoms. The topological polar surface area (TPSA) is 122 Å². The molecule has 0 bridgehead atoms. The Morgan fingerprint density at radius 2 is 2.18 bits per heavy atom. The first-order valence-electron chi connectivity index (χ1n) is 11.4. The number of hydrogen-bond donors (Lipinski definition) is 3. The molecular formula is C24H31N5O4. The van der Waals surface area contributed by atoms with Crippen molar-refractivity contribution < 1.29 is 19.1 Å². The third kappa shape index (κ3) is 7.85. The largest absolute Gasteiger partial charge is 0.466 e. The van der Waals surface area contributed by atoms with Gasteiger partial charge in [0.05, 0.1) is 19.1 Å². The van der Waals surface area contributed by atoms with Crippen LogP contribution in [0.3, 0.4) is 0 Å². The molecule has 2 aliphatic rings. The number of ether oxygens (including phenoxy) is 1. The molecule has 3 rings (SSSR count). The number of carbonyl (C=O) groups is 3. The van der Waals surface area contributed by atoms with Crippen molar-refractivity contribution in [3.8, 4) is 0 Å². The van der Waals surface area contributed by atoms with Gasteiger partial charge >= 0.3 is 5.97 Å². The number of amides is 2. The van der Waals surface area contributed by atoms with E-state index in [0.29, 0.717) is 12.1 Å². The zero-order chi connectivity index (χ0) is 23.5. The number of amidine groups is 1. The number of nitrogens with one attached hydrogen (secondary N) is 3. The van der Waals surface area contributed by atoms with Gasteiger partial charge in [-0.25, -0.2) is 0 Å². The molecule has 2 aliphatic heterocycles. The molecule has 0 aliphatic carbocycles. The van der Waals surface area contributed by atoms with Gasteiger partial charge in [0.2, 0.25) is 11.8 Å². The molecule has 1 aromatic heterocycles. The van der Waals surface area contributed by atoms with Crippen LogP contribution in [0.1, 0.15) is 50.6 Å². The second-order valence-electron chi connectivity index (χ2n) is 7.87. The Morgan fingerprint density at radius 3 is 2.97 bits per heavy atom. The van der Waals surface area contributed by atoms with Crippen molar-refractivity contribution in [2.24, 2.45) is 4.99 Å². The molecule has 2 atom stereocenters. The average Bonchev–Trinajstić information content (AvgIpc) is 2.82. The second kappa shape index (κ2) is 12.5. The van der Waals surface area contributed by atoms with Crippen LogP contribution in [0.25, 0.3) is 0 Å². The number of nitrogens with zero attached hydrogens (tertiary/aromatic N) is 2. The number of fused-ring (bicyclic) bond motifs is 1. The molecule has 3 heterocycles. The van der Waals surface area contributed by atoms with Crippen molar-refractivity contribution in [3.63, 3.8) is 0 Å². The monoisotopic (exact) mass is 453 g/mol. The molecule has 2 amide bonds. The van der Waals surface area contributed by atoms with Crippen LogP contribution in [0.15, 0.2) is 53.3 Å². The van der Waals surface area contributed by atoms with E-state index in [9.17, 15) is 14.4 Å². The van der Waals surface area contributed by atoms with E-state index in [1.807, 2.05) is 0 Å². The normalized spacial score (nSPS) is 17.5. The minimum absolute atomic E-state index is 0.0308. The van der Waals surface area contributed by atoms with Crippen molar-refractivity contribution in [3.05, 3.63) is 53.9 Å². The van der Waals surface area contributed by atoms with E-state index >= 15 is 0 Å². The van der Waals surface area contributed by atoms with Crippen molar-refractivity contribution in [1.82, 2.24) is 20.9 Å². The van der Waals surface area contributed by atoms with Crippen LogP contribution in [0.2, 0.25) is 0 Å². The summed E-state index contributed by atoms with van der Waals surface area (Å²) < 4.78 is 4.99. The summed E-state index contributed by atoms with van der Waals surface area (Å²) in [7, 11) is 0. The number of hydrogen-bond acceptors (Lipinski definition) is 7. The van der Waals surface area contributed by atoms with Gasteiger partial charge in [0, 0.05) is 37.1 Å². The van der Waals surface area contributed by atoms with Crippen LogP contribution in [0, 0.1) is 0 Å². The van der Waals surface area contributed by atoms with Crippen LogP contribution in [-0.4, -0.2) is 54.3 Å². The maximum absolute atomic E-state index is 12.4. The number of rotatable bonds is 11. The van der Waals surface area contributed by atoms with Gasteiger partial charge in [0.15, 0.2) is 0 Å². The van der Waals surface area contributed by atoms with Gasteiger partial charge in [-0.1, -0.05) is 24.3 Å². The first kappa shape index (κ1) is 24.2. The maximum atomic E-state index is 12.4. The number of esters is 1. The zero-order valence-electron chi connectivity index (χ0n) is 18.9. The van der Waals surface area contributed by atoms with Crippen LogP contribution < -0.4 is 16.0 Å². The summed E-state index contributed by atoms with van der Waals surface area (Å²) in [4.78, 5) is 45.1. The number of carbonyl (C=O) groups excluding carboxylic acids is 3. The minimum Gasteiger partial charge on any atom is -0.466 e. The summed E-state index contributed by atoms with van der Waals surface area (Å²) in [6.07, 6.45) is 11.8. The number of dihydropyridines is 1. The zero-order valence-corrected chi connectivity index (χ0v) is 18.9. The Labute approximate surface area is 193 Å². The fraction of sp³-hybridized carbons (Fsp3) is 0.458. The fourth-order valence-corrected chi connectivity index (χ4v) is 3.70. The SMILES string of the molecule is CCOC(=O)CC(NC(=O)CC(=O)NCCCC1C=CC2=CCCN=C2N1)c1cccnc1. The van der Waals surface area contributed by atoms with Gasteiger partial charge in [-0.05, 0) is 37.8 Å². The van der Waals surface area contributed by atoms with E-state index in [-0.39, 0.29) is 31.4 Å². The van der Waals surface area contributed by atoms with Crippen LogP contribution in [0.4, 0.5) is 0 Å². The molecule has 9 nitrogen and oxygen atoms in total. The Morgan fingerprint density at radius 1 is 1.30 bits per heavy atom. The number of pyridine rings is 1. The Bertz CT molecular complexity index is 926. The number of aromatic nitrogens is 1. The molecule has 2 unspecified atom stereocenters. The van der Waals surface area contributed by atoms with Gasteiger partial charge in [-0.2, -0.15) is 0 Å². The molecule has 3 N–H and O–H groups in total. The molecule has 0 fully saturated rings. The standard InChI is InChI=1S/C24H31N5O4/c1-2-33-23(32)14-20(18-7-3-11-25-16-18)29-22(31)15-21(30)26-12-5-8-19-10-9-17-6-4-13-27-24(17)28-19/h3,6-7,9-11,16,19-20H,2,4-5,8,12-15H2,1H3,(H,26,30)(H,27,28)(H,29,31). The second-order valence-corrected chi connectivity index (χ2v) is 7.87. The summed E-state index contributed by atoms with van der Waals surface area (Å²) in [6, 6.07) is 3.06. The van der Waals surface area contributed by atoms with Gasteiger partial charge in [-0.15, -0.1) is 0 Å². The first-order chi connectivity index (χ1) is 16.0. The summed E-state index contributed by atoms with van der Waals surface area (Å²) in [5, 5.41) is 8.94. The van der Waals surface area contributed by atoms with Crippen LogP contribution in [-0.2, 0) is 19.1 Å². The van der Waals surface area contributed by atoms with Gasteiger partial charge < -0.3 is 20.7 Å². The Hall–Kier alpha value is -3.49. The third-order valence-corrected chi connectivity index (χ3v) is 5.30. The molecule has 9 heteroatoms. The van der Waals surface area contributed by atoms with E-state index in [0.717, 1.165) is 37.2 Å². The smallest absolute Gasteiger partial charge is 0.308 e. The number of aliphatic imine (C=N–C) groups is 1. The molecule has 0 saturated heterocycles. The van der Waals surface area contributed by atoms with Crippen molar-refractivity contribution in [2.45, 2.75) is 51.1 Å². The molecule has 0 spiro atoms. The highest BCUT2D eigenvalue weighted by atomic mass is 16.5. The minimum atomic E-state index is -0.608. The van der Waals surface area contributed by atoms with E-state index in [4.69, 9.17) is 4.74 Å². The molecule has 1 aromatic rings. The lowest BCUT2D eigenvalue weighted by molar-refractivity contribution is -0.143. The van der Waals surface area contributed by atoms with Gasteiger partial charge in [0.25, 0.3) is 0 Å². The van der Waals surface area contributed by atoms with Gasteiger partial charge in [0.1, 0.15) is 12.3 Å². The summed E-state index contributed by atoms with van der Waals surface area (Å²) >= 11 is 0. The van der Waals surface area contributed by atoms with E-state index in [1.54, 1.807) is 31.5 Å². The Balaban J connectivity index is 1.40. The molecule has 0 aromatic carbocycles. The molecule has 0 saturated carbocycles. The highest BCUT2D eigenvalue weighted by Crippen LogP contribution is 2.17. The van der Waals surface area contributed by atoms with Gasteiger partial charge in [-0.3, -0.25) is 24.4 Å². The first-order valence-corrected chi connectivity index (χ1v) is 11.4. The van der Waals surface area contributed by atoms with E-state index in [1.165, 1.54) is 0 Å². The molecular weight excluding hydrogens is 422 g/mol. The summed E-state index contributed by atoms with van der Waals surface area (Å²) in [5.74, 6) is -0.302. The maximum Gasteiger partial charge on any atom is 0.308 e. The van der Waals surface area contributed by atoms with Crippen LogP contribution in [0.5, 0.6) is 0 Å². The van der Waals surface area contributed by atoms with E-state index in [2.05, 4.69) is 44.2 Å². The summed E-state index contributed by atoms with van der Waals surface area (Å²) in [6.45, 7) is 3.26. The van der Waals surface area contributed by atoms with Crippen LogP contribution >= 0.6 is 0 Å². The van der Waals surface area contributed by atoms with E-state index < -0.39 is 17.9 Å².